The summed E-state index contributed by atoms with van der Waals surface area (Å²) in [6, 6.07) is 5.65. The van der Waals surface area contributed by atoms with Crippen LogP contribution in [-0.4, -0.2) is 34.8 Å². The fourth-order valence-electron chi connectivity index (χ4n) is 3.71. The van der Waals surface area contributed by atoms with Crippen LogP contribution in [0.3, 0.4) is 0 Å². The number of halogens is 3. The van der Waals surface area contributed by atoms with Crippen LogP contribution in [0.15, 0.2) is 24.3 Å². The highest BCUT2D eigenvalue weighted by molar-refractivity contribution is 7.20. The molecule has 2 N–H and O–H groups in total. The monoisotopic (exact) mass is 426 g/mol. The molecule has 1 aliphatic heterocycles. The minimum Gasteiger partial charge on any atom is -0.347 e. The van der Waals surface area contributed by atoms with E-state index < -0.39 is 11.6 Å². The van der Waals surface area contributed by atoms with Gasteiger partial charge < -0.3 is 10.6 Å². The number of benzene rings is 1. The zero-order valence-corrected chi connectivity index (χ0v) is 17.1. The van der Waals surface area contributed by atoms with Crippen molar-refractivity contribution < 1.29 is 13.6 Å². The van der Waals surface area contributed by atoms with E-state index in [0.717, 1.165) is 34.9 Å². The van der Waals surface area contributed by atoms with Crippen LogP contribution < -0.4 is 10.6 Å². The van der Waals surface area contributed by atoms with Gasteiger partial charge in [-0.25, -0.2) is 8.78 Å². The Bertz CT molecular complexity index is 984. The second-order valence-electron chi connectivity index (χ2n) is 6.89. The van der Waals surface area contributed by atoms with Crippen LogP contribution in [-0.2, 0) is 7.05 Å². The van der Waals surface area contributed by atoms with E-state index in [0.29, 0.717) is 17.0 Å². The predicted molar refractivity (Wildman–Crippen MR) is 108 cm³/mol. The number of amides is 1. The summed E-state index contributed by atoms with van der Waals surface area (Å²) in [7, 11) is 1.86. The Morgan fingerprint density at radius 1 is 1.32 bits per heavy atom. The van der Waals surface area contributed by atoms with Crippen molar-refractivity contribution in [3.05, 3.63) is 52.0 Å². The van der Waals surface area contributed by atoms with Gasteiger partial charge in [0.25, 0.3) is 5.91 Å². The topological polar surface area (TPSA) is 59.0 Å². The van der Waals surface area contributed by atoms with Crippen molar-refractivity contribution in [2.45, 2.75) is 25.3 Å². The van der Waals surface area contributed by atoms with E-state index in [1.165, 1.54) is 17.4 Å². The summed E-state index contributed by atoms with van der Waals surface area (Å²) in [5, 5.41) is 11.7. The van der Waals surface area contributed by atoms with Crippen LogP contribution in [0.1, 0.15) is 33.3 Å². The third-order valence-electron chi connectivity index (χ3n) is 5.09. The summed E-state index contributed by atoms with van der Waals surface area (Å²) in [6.07, 6.45) is 0.742. The summed E-state index contributed by atoms with van der Waals surface area (Å²) < 4.78 is 28.7. The molecular formula is C19H21ClF2N4OS. The van der Waals surface area contributed by atoms with E-state index >= 15 is 0 Å². The van der Waals surface area contributed by atoms with Gasteiger partial charge in [0.2, 0.25) is 0 Å². The third kappa shape index (κ3) is 3.76. The van der Waals surface area contributed by atoms with Crippen molar-refractivity contribution in [2.75, 3.05) is 13.1 Å². The van der Waals surface area contributed by atoms with E-state index in [9.17, 15) is 13.6 Å². The molecule has 0 bridgehead atoms. The molecule has 0 spiro atoms. The lowest BCUT2D eigenvalue weighted by molar-refractivity contribution is 0.0928. The van der Waals surface area contributed by atoms with Crippen molar-refractivity contribution in [1.82, 2.24) is 20.4 Å². The first kappa shape index (κ1) is 20.7. The lowest BCUT2D eigenvalue weighted by atomic mass is 9.86. The highest BCUT2D eigenvalue weighted by atomic mass is 35.5. The van der Waals surface area contributed by atoms with Gasteiger partial charge >= 0.3 is 0 Å². The van der Waals surface area contributed by atoms with Gasteiger partial charge in [-0.05, 0) is 43.7 Å². The van der Waals surface area contributed by atoms with E-state index in [2.05, 4.69) is 15.7 Å². The number of nitrogens with one attached hydrogen (secondary N) is 2. The lowest BCUT2D eigenvalue weighted by Crippen LogP contribution is -2.49. The van der Waals surface area contributed by atoms with Gasteiger partial charge in [-0.1, -0.05) is 6.07 Å². The Labute approximate surface area is 171 Å². The summed E-state index contributed by atoms with van der Waals surface area (Å²) in [4.78, 5) is 14.4. The number of aryl methyl sites for hydroxylation is 2. The fraction of sp³-hybridized carbons (Fsp3) is 0.368. The van der Waals surface area contributed by atoms with E-state index in [1.54, 1.807) is 10.7 Å². The molecular weight excluding hydrogens is 406 g/mol. The molecule has 2 unspecified atom stereocenters. The fourth-order valence-corrected chi connectivity index (χ4v) is 4.74. The van der Waals surface area contributed by atoms with Gasteiger partial charge in [-0.3, -0.25) is 9.48 Å². The van der Waals surface area contributed by atoms with Crippen LogP contribution in [0.25, 0.3) is 10.2 Å². The zero-order chi connectivity index (χ0) is 19.1. The molecule has 0 radical (unpaired) electrons. The normalized spacial score (nSPS) is 19.4. The molecule has 2 aromatic heterocycles. The molecule has 5 nitrogen and oxygen atoms in total. The van der Waals surface area contributed by atoms with Gasteiger partial charge in [0.1, 0.15) is 4.83 Å². The number of carbonyl (C=O) groups excluding carboxylic acids is 1. The van der Waals surface area contributed by atoms with Gasteiger partial charge in [0.05, 0.1) is 10.6 Å². The molecule has 1 aliphatic rings. The zero-order valence-electron chi connectivity index (χ0n) is 15.5. The molecule has 150 valence electrons. The average molecular weight is 427 g/mol. The Hall–Kier alpha value is -2.03. The molecule has 0 saturated carbocycles. The SMILES string of the molecule is Cc1nn(C)c2sc(C(=O)NC3CNCCC3c3ccc(F)c(F)c3)cc12.Cl. The maximum absolute atomic E-state index is 13.7. The molecule has 3 aromatic rings. The van der Waals surface area contributed by atoms with Crippen molar-refractivity contribution in [1.29, 1.82) is 0 Å². The number of aromatic nitrogens is 2. The Kier molecular flexibility index (Phi) is 6.02. The Morgan fingerprint density at radius 3 is 2.82 bits per heavy atom. The average Bonchev–Trinajstić information content (AvgIpc) is 3.20. The molecule has 9 heteroatoms. The van der Waals surface area contributed by atoms with Crippen LogP contribution in [0, 0.1) is 18.6 Å². The number of piperidine rings is 1. The Balaban J connectivity index is 0.00000225. The number of thiophene rings is 1. The standard InChI is InChI=1S/C19H20F2N4OS.ClH/c1-10-13-8-17(27-19(13)25(2)24-10)18(26)23-16-9-22-6-5-12(16)11-3-4-14(20)15(21)7-11;/h3-4,7-8,12,16,22H,5-6,9H2,1-2H3,(H,23,26);1H. The first-order chi connectivity index (χ1) is 12.9. The third-order valence-corrected chi connectivity index (χ3v) is 6.29. The maximum atomic E-state index is 13.7. The highest BCUT2D eigenvalue weighted by Gasteiger charge is 2.29. The predicted octanol–water partition coefficient (Wildman–Crippen LogP) is 3.52. The van der Waals surface area contributed by atoms with Crippen molar-refractivity contribution in [2.24, 2.45) is 7.05 Å². The molecule has 1 fully saturated rings. The number of fused-ring (bicyclic) bond motifs is 1. The smallest absolute Gasteiger partial charge is 0.261 e. The first-order valence-corrected chi connectivity index (χ1v) is 9.65. The first-order valence-electron chi connectivity index (χ1n) is 8.83. The summed E-state index contributed by atoms with van der Waals surface area (Å²) in [6.45, 7) is 3.27. The molecule has 1 saturated heterocycles. The molecule has 4 rings (SSSR count). The quantitative estimate of drug-likeness (QED) is 0.673. The van der Waals surface area contributed by atoms with Gasteiger partial charge in [-0.2, -0.15) is 5.10 Å². The largest absolute Gasteiger partial charge is 0.347 e. The van der Waals surface area contributed by atoms with Crippen LogP contribution >= 0.6 is 23.7 Å². The van der Waals surface area contributed by atoms with Crippen LogP contribution in [0.5, 0.6) is 0 Å². The van der Waals surface area contributed by atoms with Crippen molar-refractivity contribution in [3.63, 3.8) is 0 Å². The molecule has 1 amide bonds. The van der Waals surface area contributed by atoms with Crippen LogP contribution in [0.2, 0.25) is 0 Å². The number of hydrogen-bond acceptors (Lipinski definition) is 4. The van der Waals surface area contributed by atoms with E-state index in [4.69, 9.17) is 0 Å². The second kappa shape index (κ2) is 8.14. The summed E-state index contributed by atoms with van der Waals surface area (Å²) in [5.74, 6) is -1.94. The summed E-state index contributed by atoms with van der Waals surface area (Å²) in [5.41, 5.74) is 1.60. The Morgan fingerprint density at radius 2 is 2.11 bits per heavy atom. The van der Waals surface area contributed by atoms with Crippen LogP contribution in [0.4, 0.5) is 8.78 Å². The van der Waals surface area contributed by atoms with Gasteiger partial charge in [-0.15, -0.1) is 23.7 Å². The molecule has 3 heterocycles. The minimum absolute atomic E-state index is 0. The molecule has 2 atom stereocenters. The maximum Gasteiger partial charge on any atom is 0.261 e. The summed E-state index contributed by atoms with van der Waals surface area (Å²) >= 11 is 1.40. The minimum atomic E-state index is -0.859. The van der Waals surface area contributed by atoms with E-state index in [-0.39, 0.29) is 30.3 Å². The molecule has 0 aliphatic carbocycles. The number of carbonyl (C=O) groups is 1. The lowest BCUT2D eigenvalue weighted by Gasteiger charge is -2.33. The number of hydrogen-bond donors (Lipinski definition) is 2. The number of nitrogens with zero attached hydrogens (tertiary/aromatic N) is 2. The molecule has 28 heavy (non-hydrogen) atoms. The van der Waals surface area contributed by atoms with Crippen molar-refractivity contribution >= 4 is 39.9 Å². The van der Waals surface area contributed by atoms with Gasteiger partial charge in [0.15, 0.2) is 11.6 Å². The highest BCUT2D eigenvalue weighted by Crippen LogP contribution is 2.30. The molecule has 1 aromatic carbocycles. The van der Waals surface area contributed by atoms with Gasteiger partial charge in [0, 0.05) is 30.9 Å². The second-order valence-corrected chi connectivity index (χ2v) is 7.92. The van der Waals surface area contributed by atoms with E-state index in [1.807, 2.05) is 20.0 Å². The van der Waals surface area contributed by atoms with Crippen molar-refractivity contribution in [3.8, 4) is 0 Å². The number of rotatable bonds is 3.